The smallest absolute Gasteiger partial charge is 0.250 e. The highest BCUT2D eigenvalue weighted by Gasteiger charge is 2.14. The Balaban J connectivity index is 1.61. The van der Waals surface area contributed by atoms with Gasteiger partial charge in [0.2, 0.25) is 0 Å². The zero-order valence-electron chi connectivity index (χ0n) is 17.3. The molecule has 3 rings (SSSR count). The number of ether oxygens (including phenoxy) is 2. The van der Waals surface area contributed by atoms with Crippen LogP contribution in [-0.4, -0.2) is 46.9 Å². The third-order valence-corrected chi connectivity index (χ3v) is 5.76. The third kappa shape index (κ3) is 5.86. The van der Waals surface area contributed by atoms with Gasteiger partial charge in [0.05, 0.1) is 26.2 Å². The molecule has 3 aromatic rings. The first kappa shape index (κ1) is 22.8. The lowest BCUT2D eigenvalue weighted by molar-refractivity contribution is -0.118. The standard InChI is InChI=1S/C21H22BrN5O3S/c1-4-27-20(14-5-8-17(29-2)9-6-14)25-26-21(27)31-13-19(28)24-23-12-15-11-16(22)7-10-18(15)30-3/h5-12H,4,13H2,1-3H3,(H,24,28). The van der Waals surface area contributed by atoms with Gasteiger partial charge in [0.25, 0.3) is 5.91 Å². The van der Waals surface area contributed by atoms with Crippen LogP contribution in [0, 0.1) is 0 Å². The van der Waals surface area contributed by atoms with Crippen LogP contribution >= 0.6 is 27.7 Å². The molecule has 0 saturated heterocycles. The van der Waals surface area contributed by atoms with Gasteiger partial charge in [0.1, 0.15) is 11.5 Å². The molecule has 0 spiro atoms. The van der Waals surface area contributed by atoms with Crippen molar-refractivity contribution in [2.24, 2.45) is 5.10 Å². The Hall–Kier alpha value is -2.85. The SMILES string of the molecule is CCn1c(SCC(=O)NN=Cc2cc(Br)ccc2OC)nnc1-c1ccc(OC)cc1. The first-order valence-electron chi connectivity index (χ1n) is 9.41. The summed E-state index contributed by atoms with van der Waals surface area (Å²) in [5.41, 5.74) is 4.21. The van der Waals surface area contributed by atoms with Crippen LogP contribution in [0.15, 0.2) is 57.2 Å². The van der Waals surface area contributed by atoms with Gasteiger partial charge in [-0.25, -0.2) is 5.43 Å². The fraction of sp³-hybridized carbons (Fsp3) is 0.238. The normalized spacial score (nSPS) is 11.0. The molecular weight excluding hydrogens is 482 g/mol. The molecule has 1 N–H and O–H groups in total. The van der Waals surface area contributed by atoms with E-state index in [1.165, 1.54) is 11.8 Å². The second-order valence-corrected chi connectivity index (χ2v) is 8.11. The van der Waals surface area contributed by atoms with E-state index in [1.807, 2.05) is 54.0 Å². The number of hydrogen-bond acceptors (Lipinski definition) is 7. The third-order valence-electron chi connectivity index (χ3n) is 4.30. The van der Waals surface area contributed by atoms with Crippen molar-refractivity contribution in [1.29, 1.82) is 0 Å². The zero-order chi connectivity index (χ0) is 22.2. The molecule has 0 saturated carbocycles. The molecule has 1 aromatic heterocycles. The van der Waals surface area contributed by atoms with Crippen LogP contribution in [0.25, 0.3) is 11.4 Å². The van der Waals surface area contributed by atoms with Crippen molar-refractivity contribution >= 4 is 39.8 Å². The number of aromatic nitrogens is 3. The molecule has 0 atom stereocenters. The molecular formula is C21H22BrN5O3S. The van der Waals surface area contributed by atoms with Gasteiger partial charge >= 0.3 is 0 Å². The van der Waals surface area contributed by atoms with Crippen molar-refractivity contribution in [3.05, 3.63) is 52.5 Å². The number of carbonyl (C=O) groups is 1. The van der Waals surface area contributed by atoms with Crippen molar-refractivity contribution in [3.8, 4) is 22.9 Å². The first-order valence-corrected chi connectivity index (χ1v) is 11.2. The summed E-state index contributed by atoms with van der Waals surface area (Å²) in [5.74, 6) is 2.10. The van der Waals surface area contributed by atoms with Crippen LogP contribution in [0.5, 0.6) is 11.5 Å². The summed E-state index contributed by atoms with van der Waals surface area (Å²) in [4.78, 5) is 12.2. The van der Waals surface area contributed by atoms with Crippen molar-refractivity contribution in [3.63, 3.8) is 0 Å². The summed E-state index contributed by atoms with van der Waals surface area (Å²) in [6.45, 7) is 2.69. The van der Waals surface area contributed by atoms with Crippen molar-refractivity contribution in [1.82, 2.24) is 20.2 Å². The fourth-order valence-electron chi connectivity index (χ4n) is 2.78. The summed E-state index contributed by atoms with van der Waals surface area (Å²) < 4.78 is 13.3. The minimum Gasteiger partial charge on any atom is -0.497 e. The number of hydrogen-bond donors (Lipinski definition) is 1. The van der Waals surface area contributed by atoms with Gasteiger partial charge in [-0.2, -0.15) is 5.10 Å². The Morgan fingerprint density at radius 3 is 2.65 bits per heavy atom. The van der Waals surface area contributed by atoms with E-state index in [9.17, 15) is 4.79 Å². The average molecular weight is 504 g/mol. The van der Waals surface area contributed by atoms with Gasteiger partial charge in [-0.15, -0.1) is 10.2 Å². The van der Waals surface area contributed by atoms with E-state index in [2.05, 4.69) is 36.7 Å². The molecule has 0 aliphatic heterocycles. The number of methoxy groups -OCH3 is 2. The number of carbonyl (C=O) groups excluding carboxylic acids is 1. The summed E-state index contributed by atoms with van der Waals surface area (Å²) in [7, 11) is 3.21. The summed E-state index contributed by atoms with van der Waals surface area (Å²) >= 11 is 4.71. The molecule has 0 aliphatic rings. The molecule has 10 heteroatoms. The lowest BCUT2D eigenvalue weighted by Gasteiger charge is -2.08. The quantitative estimate of drug-likeness (QED) is 0.269. The number of halogens is 1. The number of rotatable bonds is 9. The van der Waals surface area contributed by atoms with Crippen LogP contribution in [0.3, 0.4) is 0 Å². The first-order chi connectivity index (χ1) is 15.0. The molecule has 0 bridgehead atoms. The van der Waals surface area contributed by atoms with Crippen molar-refractivity contribution in [2.75, 3.05) is 20.0 Å². The van der Waals surface area contributed by atoms with Crippen LogP contribution in [-0.2, 0) is 11.3 Å². The molecule has 31 heavy (non-hydrogen) atoms. The molecule has 0 fully saturated rings. The van der Waals surface area contributed by atoms with Gasteiger partial charge < -0.3 is 14.0 Å². The van der Waals surface area contributed by atoms with Crippen molar-refractivity contribution in [2.45, 2.75) is 18.6 Å². The minimum absolute atomic E-state index is 0.160. The number of benzene rings is 2. The molecule has 0 unspecified atom stereocenters. The van der Waals surface area contributed by atoms with Crippen LogP contribution in [0.1, 0.15) is 12.5 Å². The highest BCUT2D eigenvalue weighted by molar-refractivity contribution is 9.10. The second kappa shape index (κ2) is 11.0. The number of nitrogens with one attached hydrogen (secondary N) is 1. The van der Waals surface area contributed by atoms with E-state index in [1.54, 1.807) is 20.4 Å². The van der Waals surface area contributed by atoms with Gasteiger partial charge in [-0.1, -0.05) is 27.7 Å². The molecule has 162 valence electrons. The number of hydrazone groups is 1. The second-order valence-electron chi connectivity index (χ2n) is 6.25. The van der Waals surface area contributed by atoms with Gasteiger partial charge in [-0.3, -0.25) is 4.79 Å². The Bertz CT molecular complexity index is 1070. The van der Waals surface area contributed by atoms with Gasteiger partial charge in [0, 0.05) is 22.1 Å². The summed E-state index contributed by atoms with van der Waals surface area (Å²) in [6.07, 6.45) is 1.54. The maximum Gasteiger partial charge on any atom is 0.250 e. The Morgan fingerprint density at radius 1 is 1.19 bits per heavy atom. The predicted molar refractivity (Wildman–Crippen MR) is 125 cm³/mol. The Labute approximate surface area is 193 Å². The number of amides is 1. The topological polar surface area (TPSA) is 90.6 Å². The number of nitrogens with zero attached hydrogens (tertiary/aromatic N) is 4. The molecule has 1 heterocycles. The van der Waals surface area contributed by atoms with E-state index >= 15 is 0 Å². The van der Waals surface area contributed by atoms with Crippen molar-refractivity contribution < 1.29 is 14.3 Å². The van der Waals surface area contributed by atoms with Crippen LogP contribution < -0.4 is 14.9 Å². The molecule has 0 aliphatic carbocycles. The zero-order valence-corrected chi connectivity index (χ0v) is 19.7. The highest BCUT2D eigenvalue weighted by Crippen LogP contribution is 2.25. The maximum atomic E-state index is 12.2. The molecule has 2 aromatic carbocycles. The van der Waals surface area contributed by atoms with Gasteiger partial charge in [0.15, 0.2) is 11.0 Å². The molecule has 0 radical (unpaired) electrons. The lowest BCUT2D eigenvalue weighted by Crippen LogP contribution is -2.20. The van der Waals surface area contributed by atoms with E-state index in [4.69, 9.17) is 9.47 Å². The monoisotopic (exact) mass is 503 g/mol. The summed E-state index contributed by atoms with van der Waals surface area (Å²) in [5, 5.41) is 13.2. The van der Waals surface area contributed by atoms with Crippen LogP contribution in [0.2, 0.25) is 0 Å². The molecule has 1 amide bonds. The van der Waals surface area contributed by atoms with E-state index < -0.39 is 0 Å². The number of thioether (sulfide) groups is 1. The maximum absolute atomic E-state index is 12.2. The largest absolute Gasteiger partial charge is 0.497 e. The minimum atomic E-state index is -0.244. The van der Waals surface area contributed by atoms with Crippen LogP contribution in [0.4, 0.5) is 0 Å². The predicted octanol–water partition coefficient (Wildman–Crippen LogP) is 3.99. The summed E-state index contributed by atoms with van der Waals surface area (Å²) in [6, 6.07) is 13.2. The molecule has 8 nitrogen and oxygen atoms in total. The Morgan fingerprint density at radius 2 is 1.97 bits per heavy atom. The highest BCUT2D eigenvalue weighted by atomic mass is 79.9. The van der Waals surface area contributed by atoms with E-state index in [0.717, 1.165) is 27.2 Å². The lowest BCUT2D eigenvalue weighted by atomic mass is 10.2. The van der Waals surface area contributed by atoms with E-state index in [-0.39, 0.29) is 11.7 Å². The fourth-order valence-corrected chi connectivity index (χ4v) is 3.95. The van der Waals surface area contributed by atoms with E-state index in [0.29, 0.717) is 17.5 Å². The van der Waals surface area contributed by atoms with Gasteiger partial charge in [-0.05, 0) is 49.4 Å². The Kier molecular flexibility index (Phi) is 8.07. The average Bonchev–Trinajstić information content (AvgIpc) is 3.21.